The Bertz CT molecular complexity index is 439. The zero-order chi connectivity index (χ0) is 14.4. The smallest absolute Gasteiger partial charge is 0.252 e. The van der Waals surface area contributed by atoms with Gasteiger partial charge in [0.05, 0.1) is 0 Å². The van der Waals surface area contributed by atoms with Crippen LogP contribution in [-0.2, 0) is 0 Å². The van der Waals surface area contributed by atoms with Crippen molar-refractivity contribution in [3.05, 3.63) is 22.2 Å². The third-order valence-electron chi connectivity index (χ3n) is 2.84. The summed E-state index contributed by atoms with van der Waals surface area (Å²) in [5.74, 6) is 2.23. The molecule has 1 rings (SSSR count). The van der Waals surface area contributed by atoms with Gasteiger partial charge in [-0.25, -0.2) is 4.98 Å². The standard InChI is InChI=1S/C14H26N4O/c1-10(2)9-18(7-5-6-15)12-8-13(19)17-14(16-12)11(3)4/h8,10-11H,5-7,9,15H2,1-4H3,(H,16,17,19). The first kappa shape index (κ1) is 15.7. The molecule has 0 unspecified atom stereocenters. The van der Waals surface area contributed by atoms with Crippen LogP contribution in [0.25, 0.3) is 0 Å². The predicted octanol–water partition coefficient (Wildman–Crippen LogP) is 1.70. The van der Waals surface area contributed by atoms with E-state index in [4.69, 9.17) is 5.73 Å². The summed E-state index contributed by atoms with van der Waals surface area (Å²) >= 11 is 0. The molecule has 1 heterocycles. The highest BCUT2D eigenvalue weighted by Crippen LogP contribution is 2.14. The monoisotopic (exact) mass is 266 g/mol. The van der Waals surface area contributed by atoms with Gasteiger partial charge in [0.25, 0.3) is 5.56 Å². The minimum absolute atomic E-state index is 0.0878. The lowest BCUT2D eigenvalue weighted by Gasteiger charge is -2.25. The second kappa shape index (κ2) is 7.28. The number of hydrogen-bond donors (Lipinski definition) is 2. The van der Waals surface area contributed by atoms with Gasteiger partial charge in [-0.05, 0) is 18.9 Å². The zero-order valence-corrected chi connectivity index (χ0v) is 12.4. The molecule has 0 saturated heterocycles. The van der Waals surface area contributed by atoms with Gasteiger partial charge in [-0.15, -0.1) is 0 Å². The van der Waals surface area contributed by atoms with Crippen molar-refractivity contribution in [2.24, 2.45) is 11.7 Å². The molecule has 0 fully saturated rings. The highest BCUT2D eigenvalue weighted by atomic mass is 16.1. The number of anilines is 1. The van der Waals surface area contributed by atoms with E-state index in [-0.39, 0.29) is 11.5 Å². The lowest BCUT2D eigenvalue weighted by Crippen LogP contribution is -2.32. The molecule has 0 aliphatic heterocycles. The van der Waals surface area contributed by atoms with E-state index in [1.165, 1.54) is 0 Å². The van der Waals surface area contributed by atoms with Crippen molar-refractivity contribution in [2.75, 3.05) is 24.5 Å². The number of rotatable bonds is 7. The van der Waals surface area contributed by atoms with Crippen molar-refractivity contribution in [1.82, 2.24) is 9.97 Å². The lowest BCUT2D eigenvalue weighted by atomic mass is 10.2. The van der Waals surface area contributed by atoms with Crippen molar-refractivity contribution in [3.8, 4) is 0 Å². The minimum atomic E-state index is -0.0878. The van der Waals surface area contributed by atoms with Gasteiger partial charge in [-0.2, -0.15) is 0 Å². The molecule has 19 heavy (non-hydrogen) atoms. The van der Waals surface area contributed by atoms with E-state index in [9.17, 15) is 4.79 Å². The Morgan fingerprint density at radius 1 is 1.37 bits per heavy atom. The van der Waals surface area contributed by atoms with Crippen LogP contribution in [0.1, 0.15) is 45.9 Å². The number of nitrogens with zero attached hydrogens (tertiary/aromatic N) is 2. The molecular weight excluding hydrogens is 240 g/mol. The fourth-order valence-corrected chi connectivity index (χ4v) is 1.92. The van der Waals surface area contributed by atoms with E-state index in [1.807, 2.05) is 13.8 Å². The molecule has 0 amide bonds. The molecule has 5 heteroatoms. The maximum atomic E-state index is 11.7. The van der Waals surface area contributed by atoms with Crippen LogP contribution in [0.5, 0.6) is 0 Å². The van der Waals surface area contributed by atoms with E-state index in [2.05, 4.69) is 28.7 Å². The van der Waals surface area contributed by atoms with Crippen LogP contribution in [0.4, 0.5) is 5.82 Å². The maximum absolute atomic E-state index is 11.7. The summed E-state index contributed by atoms with van der Waals surface area (Å²) in [6.07, 6.45) is 0.901. The number of H-pyrrole nitrogens is 1. The number of nitrogens with two attached hydrogens (primary N) is 1. The van der Waals surface area contributed by atoms with Crippen LogP contribution < -0.4 is 16.2 Å². The topological polar surface area (TPSA) is 75.0 Å². The molecule has 0 aromatic carbocycles. The first-order chi connectivity index (χ1) is 8.93. The van der Waals surface area contributed by atoms with E-state index in [0.717, 1.165) is 31.2 Å². The van der Waals surface area contributed by atoms with Gasteiger partial charge < -0.3 is 15.6 Å². The molecular formula is C14H26N4O. The summed E-state index contributed by atoms with van der Waals surface area (Å²) < 4.78 is 0. The van der Waals surface area contributed by atoms with Gasteiger partial charge in [0.2, 0.25) is 0 Å². The third-order valence-corrected chi connectivity index (χ3v) is 2.84. The van der Waals surface area contributed by atoms with Crippen LogP contribution in [-0.4, -0.2) is 29.6 Å². The van der Waals surface area contributed by atoms with Gasteiger partial charge >= 0.3 is 0 Å². The normalized spacial score (nSPS) is 11.3. The SMILES string of the molecule is CC(C)CN(CCCN)c1cc(=O)[nH]c(C(C)C)n1. The Labute approximate surface area is 115 Å². The largest absolute Gasteiger partial charge is 0.356 e. The third kappa shape index (κ3) is 5.03. The molecule has 1 aromatic heterocycles. The Morgan fingerprint density at radius 3 is 2.58 bits per heavy atom. The van der Waals surface area contributed by atoms with Crippen LogP contribution in [0.3, 0.4) is 0 Å². The second-order valence-corrected chi connectivity index (χ2v) is 5.63. The quantitative estimate of drug-likeness (QED) is 0.787. The fourth-order valence-electron chi connectivity index (χ4n) is 1.92. The zero-order valence-electron chi connectivity index (χ0n) is 12.4. The van der Waals surface area contributed by atoms with Crippen molar-refractivity contribution in [1.29, 1.82) is 0 Å². The molecule has 0 aliphatic carbocycles. The molecule has 0 saturated carbocycles. The van der Waals surface area contributed by atoms with E-state index >= 15 is 0 Å². The summed E-state index contributed by atoms with van der Waals surface area (Å²) in [6.45, 7) is 10.7. The number of nitrogens with one attached hydrogen (secondary N) is 1. The van der Waals surface area contributed by atoms with Crippen LogP contribution in [0.2, 0.25) is 0 Å². The van der Waals surface area contributed by atoms with Gasteiger partial charge in [-0.3, -0.25) is 4.79 Å². The van der Waals surface area contributed by atoms with Crippen LogP contribution >= 0.6 is 0 Å². The van der Waals surface area contributed by atoms with Gasteiger partial charge in [0.1, 0.15) is 11.6 Å². The van der Waals surface area contributed by atoms with Crippen molar-refractivity contribution >= 4 is 5.82 Å². The first-order valence-electron chi connectivity index (χ1n) is 7.00. The highest BCUT2D eigenvalue weighted by Gasteiger charge is 2.13. The van der Waals surface area contributed by atoms with Gasteiger partial charge in [0, 0.05) is 25.1 Å². The minimum Gasteiger partial charge on any atom is -0.356 e. The Kier molecular flexibility index (Phi) is 6.02. The molecule has 108 valence electrons. The summed E-state index contributed by atoms with van der Waals surface area (Å²) in [4.78, 5) is 21.2. The molecule has 0 bridgehead atoms. The maximum Gasteiger partial charge on any atom is 0.252 e. The molecule has 1 aromatic rings. The average molecular weight is 266 g/mol. The summed E-state index contributed by atoms with van der Waals surface area (Å²) in [5.41, 5.74) is 5.49. The molecule has 0 aliphatic rings. The van der Waals surface area contributed by atoms with Gasteiger partial charge in [0.15, 0.2) is 0 Å². The van der Waals surface area contributed by atoms with Crippen molar-refractivity contribution in [3.63, 3.8) is 0 Å². The second-order valence-electron chi connectivity index (χ2n) is 5.63. The van der Waals surface area contributed by atoms with E-state index in [1.54, 1.807) is 6.07 Å². The van der Waals surface area contributed by atoms with Crippen LogP contribution in [0.15, 0.2) is 10.9 Å². The molecule has 3 N–H and O–H groups in total. The summed E-state index contributed by atoms with van der Waals surface area (Å²) in [5, 5.41) is 0. The Morgan fingerprint density at radius 2 is 2.05 bits per heavy atom. The van der Waals surface area contributed by atoms with E-state index < -0.39 is 0 Å². The Hall–Kier alpha value is -1.36. The van der Waals surface area contributed by atoms with Crippen LogP contribution in [0, 0.1) is 5.92 Å². The average Bonchev–Trinajstić information content (AvgIpc) is 2.33. The summed E-state index contributed by atoms with van der Waals surface area (Å²) in [7, 11) is 0. The van der Waals surface area contributed by atoms with Crippen molar-refractivity contribution in [2.45, 2.75) is 40.0 Å². The first-order valence-corrected chi connectivity index (χ1v) is 7.00. The van der Waals surface area contributed by atoms with E-state index in [0.29, 0.717) is 12.5 Å². The highest BCUT2D eigenvalue weighted by molar-refractivity contribution is 5.37. The van der Waals surface area contributed by atoms with Gasteiger partial charge in [-0.1, -0.05) is 27.7 Å². The fraction of sp³-hybridized carbons (Fsp3) is 0.714. The predicted molar refractivity (Wildman–Crippen MR) is 79.7 cm³/mol. The molecule has 0 spiro atoms. The summed E-state index contributed by atoms with van der Waals surface area (Å²) in [6, 6.07) is 1.57. The molecule has 0 atom stereocenters. The molecule has 0 radical (unpaired) electrons. The lowest BCUT2D eigenvalue weighted by molar-refractivity contribution is 0.593. The van der Waals surface area contributed by atoms with Crippen molar-refractivity contribution < 1.29 is 0 Å². The molecule has 5 nitrogen and oxygen atoms in total. The number of aromatic nitrogens is 2. The number of aromatic amines is 1. The Balaban J connectivity index is 3.02. The number of hydrogen-bond acceptors (Lipinski definition) is 4.